The van der Waals surface area contributed by atoms with Crippen molar-refractivity contribution in [1.29, 1.82) is 0 Å². The lowest BCUT2D eigenvalue weighted by molar-refractivity contribution is 0.0941. The molecular weight excluding hydrogens is 414 g/mol. The molecule has 0 radical (unpaired) electrons. The molecular formula is C21H19N7O4. The molecule has 4 aromatic rings. The molecule has 2 N–H and O–H groups in total. The van der Waals surface area contributed by atoms with Crippen molar-refractivity contribution in [3.63, 3.8) is 0 Å². The third-order valence-electron chi connectivity index (χ3n) is 5.29. The molecule has 1 atom stereocenters. The van der Waals surface area contributed by atoms with Gasteiger partial charge in [0.05, 0.1) is 18.3 Å². The maximum atomic E-state index is 12.8. The van der Waals surface area contributed by atoms with Gasteiger partial charge in [0.2, 0.25) is 0 Å². The molecule has 1 aromatic carbocycles. The van der Waals surface area contributed by atoms with Gasteiger partial charge in [-0.2, -0.15) is 9.61 Å². The summed E-state index contributed by atoms with van der Waals surface area (Å²) in [5.74, 6) is -0.619. The van der Waals surface area contributed by atoms with Crippen molar-refractivity contribution in [2.24, 2.45) is 0 Å². The molecule has 0 aliphatic carbocycles. The summed E-state index contributed by atoms with van der Waals surface area (Å²) >= 11 is 0. The van der Waals surface area contributed by atoms with Crippen molar-refractivity contribution in [3.8, 4) is 11.3 Å². The van der Waals surface area contributed by atoms with Crippen molar-refractivity contribution in [3.05, 3.63) is 75.3 Å². The zero-order chi connectivity index (χ0) is 22.1. The van der Waals surface area contributed by atoms with Gasteiger partial charge in [0.25, 0.3) is 11.5 Å². The number of H-pyrrole nitrogens is 1. The highest BCUT2D eigenvalue weighted by molar-refractivity contribution is 6.04. The van der Waals surface area contributed by atoms with Gasteiger partial charge in [-0.3, -0.25) is 14.2 Å². The molecule has 11 heteroatoms. The first kappa shape index (κ1) is 19.8. The molecule has 5 rings (SSSR count). The number of nitrogens with one attached hydrogen (secondary N) is 2. The van der Waals surface area contributed by atoms with Crippen LogP contribution in [0.4, 0.5) is 5.69 Å². The molecule has 1 amide bonds. The van der Waals surface area contributed by atoms with Gasteiger partial charge >= 0.3 is 5.69 Å². The standard InChI is InChI=1S/C21H19N7O4/c29-19(16-10-22-21(31)27(20(16)30)11-15-5-2-8-32-15)24-14-4-1-3-13(9-14)17-6-7-18-25-23-12-28(18)26-17/h1,3-4,6-7,9-10,12,15H,2,5,8,11H2,(H,22,31)(H,24,29). The summed E-state index contributed by atoms with van der Waals surface area (Å²) in [7, 11) is 0. The minimum absolute atomic E-state index is 0.113. The smallest absolute Gasteiger partial charge is 0.328 e. The molecule has 1 aliphatic rings. The van der Waals surface area contributed by atoms with E-state index in [4.69, 9.17) is 4.74 Å². The van der Waals surface area contributed by atoms with Gasteiger partial charge in [0, 0.05) is 24.1 Å². The van der Waals surface area contributed by atoms with Gasteiger partial charge in [-0.25, -0.2) is 4.79 Å². The summed E-state index contributed by atoms with van der Waals surface area (Å²) < 4.78 is 8.08. The highest BCUT2D eigenvalue weighted by atomic mass is 16.5. The van der Waals surface area contributed by atoms with E-state index in [9.17, 15) is 14.4 Å². The second-order valence-corrected chi connectivity index (χ2v) is 7.45. The van der Waals surface area contributed by atoms with Crippen molar-refractivity contribution in [2.75, 3.05) is 11.9 Å². The van der Waals surface area contributed by atoms with Crippen molar-refractivity contribution in [2.45, 2.75) is 25.5 Å². The predicted octanol–water partition coefficient (Wildman–Crippen LogP) is 1.07. The Morgan fingerprint density at radius 2 is 2.16 bits per heavy atom. The molecule has 0 spiro atoms. The van der Waals surface area contributed by atoms with E-state index in [0.29, 0.717) is 23.6 Å². The zero-order valence-corrected chi connectivity index (χ0v) is 16.9. The highest BCUT2D eigenvalue weighted by Gasteiger charge is 2.21. The van der Waals surface area contributed by atoms with E-state index in [1.54, 1.807) is 34.8 Å². The van der Waals surface area contributed by atoms with Gasteiger partial charge in [0.15, 0.2) is 5.65 Å². The summed E-state index contributed by atoms with van der Waals surface area (Å²) in [6.07, 6.45) is 4.08. The van der Waals surface area contributed by atoms with Crippen LogP contribution >= 0.6 is 0 Å². The van der Waals surface area contributed by atoms with E-state index in [-0.39, 0.29) is 18.2 Å². The van der Waals surface area contributed by atoms with E-state index in [1.165, 1.54) is 6.33 Å². The average molecular weight is 433 g/mol. The lowest BCUT2D eigenvalue weighted by atomic mass is 10.1. The number of carbonyl (C=O) groups is 1. The largest absolute Gasteiger partial charge is 0.376 e. The van der Waals surface area contributed by atoms with Gasteiger partial charge in [0.1, 0.15) is 11.9 Å². The molecule has 1 unspecified atom stereocenters. The topological polar surface area (TPSA) is 136 Å². The highest BCUT2D eigenvalue weighted by Crippen LogP contribution is 2.21. The lowest BCUT2D eigenvalue weighted by Crippen LogP contribution is -2.41. The molecule has 4 heterocycles. The van der Waals surface area contributed by atoms with Crippen LogP contribution in [0.3, 0.4) is 0 Å². The Morgan fingerprint density at radius 1 is 1.25 bits per heavy atom. The fourth-order valence-corrected chi connectivity index (χ4v) is 3.67. The molecule has 1 fully saturated rings. The fraction of sp³-hybridized carbons (Fsp3) is 0.238. The maximum absolute atomic E-state index is 12.8. The summed E-state index contributed by atoms with van der Waals surface area (Å²) in [6, 6.07) is 10.7. The number of hydrogen-bond acceptors (Lipinski definition) is 7. The van der Waals surface area contributed by atoms with Crippen molar-refractivity contribution < 1.29 is 9.53 Å². The van der Waals surface area contributed by atoms with Crippen LogP contribution in [0.25, 0.3) is 16.9 Å². The Hall–Kier alpha value is -4.12. The zero-order valence-electron chi connectivity index (χ0n) is 16.9. The van der Waals surface area contributed by atoms with Crippen LogP contribution in [0, 0.1) is 0 Å². The van der Waals surface area contributed by atoms with Crippen LogP contribution in [-0.2, 0) is 11.3 Å². The lowest BCUT2D eigenvalue weighted by Gasteiger charge is -2.12. The second kappa shape index (κ2) is 8.19. The summed E-state index contributed by atoms with van der Waals surface area (Å²) in [5.41, 5.74) is 1.14. The minimum Gasteiger partial charge on any atom is -0.376 e. The Bertz CT molecular complexity index is 1420. The fourth-order valence-electron chi connectivity index (χ4n) is 3.67. The maximum Gasteiger partial charge on any atom is 0.328 e. The molecule has 1 saturated heterocycles. The van der Waals surface area contributed by atoms with Crippen LogP contribution in [-0.4, -0.2) is 48.0 Å². The molecule has 1 aliphatic heterocycles. The van der Waals surface area contributed by atoms with Crippen molar-refractivity contribution >= 4 is 17.2 Å². The van der Waals surface area contributed by atoms with Gasteiger partial charge in [-0.15, -0.1) is 10.2 Å². The first-order valence-electron chi connectivity index (χ1n) is 10.1. The van der Waals surface area contributed by atoms with E-state index in [2.05, 4.69) is 25.6 Å². The number of amides is 1. The average Bonchev–Trinajstić information content (AvgIpc) is 3.48. The van der Waals surface area contributed by atoms with Crippen LogP contribution in [0.1, 0.15) is 23.2 Å². The minimum atomic E-state index is -0.655. The SMILES string of the molecule is O=C(Nc1cccc(-c2ccc3nncn3n2)c1)c1c[nH]c(=O)n(CC2CCCO2)c1=O. The molecule has 32 heavy (non-hydrogen) atoms. The van der Waals surface area contributed by atoms with E-state index in [0.717, 1.165) is 29.2 Å². The third-order valence-corrected chi connectivity index (χ3v) is 5.29. The van der Waals surface area contributed by atoms with Gasteiger partial charge < -0.3 is 15.0 Å². The van der Waals surface area contributed by atoms with Gasteiger partial charge in [-0.05, 0) is 37.1 Å². The number of anilines is 1. The number of nitrogens with zero attached hydrogens (tertiary/aromatic N) is 5. The molecule has 3 aromatic heterocycles. The summed E-state index contributed by atoms with van der Waals surface area (Å²) in [4.78, 5) is 40.2. The number of fused-ring (bicyclic) bond motifs is 1. The Balaban J connectivity index is 1.40. The van der Waals surface area contributed by atoms with E-state index in [1.807, 2.05) is 6.07 Å². The van der Waals surface area contributed by atoms with Crippen molar-refractivity contribution in [1.82, 2.24) is 29.4 Å². The Kier molecular flexibility index (Phi) is 5.07. The number of hydrogen-bond donors (Lipinski definition) is 2. The Labute approximate surface area is 180 Å². The molecule has 0 bridgehead atoms. The molecule has 0 saturated carbocycles. The first-order chi connectivity index (χ1) is 15.6. The van der Waals surface area contributed by atoms with Crippen LogP contribution in [0.15, 0.2) is 58.5 Å². The summed E-state index contributed by atoms with van der Waals surface area (Å²) in [6.45, 7) is 0.717. The number of aromatic amines is 1. The van der Waals surface area contributed by atoms with Crippen LogP contribution < -0.4 is 16.6 Å². The number of benzene rings is 1. The van der Waals surface area contributed by atoms with Crippen LogP contribution in [0.2, 0.25) is 0 Å². The number of rotatable bonds is 5. The van der Waals surface area contributed by atoms with E-state index >= 15 is 0 Å². The molecule has 11 nitrogen and oxygen atoms in total. The predicted molar refractivity (Wildman–Crippen MR) is 114 cm³/mol. The monoisotopic (exact) mass is 433 g/mol. The quantitative estimate of drug-likeness (QED) is 0.480. The number of ether oxygens (including phenoxy) is 1. The Morgan fingerprint density at radius 3 is 3.00 bits per heavy atom. The first-order valence-corrected chi connectivity index (χ1v) is 10.1. The third kappa shape index (κ3) is 3.81. The number of carbonyl (C=O) groups excluding carboxylic acids is 1. The molecule has 162 valence electrons. The van der Waals surface area contributed by atoms with E-state index < -0.39 is 17.2 Å². The number of aromatic nitrogens is 6. The normalized spacial score (nSPS) is 15.8. The van der Waals surface area contributed by atoms with Gasteiger partial charge in [-0.1, -0.05) is 12.1 Å². The van der Waals surface area contributed by atoms with Crippen LogP contribution in [0.5, 0.6) is 0 Å². The summed E-state index contributed by atoms with van der Waals surface area (Å²) in [5, 5.41) is 14.9. The second-order valence-electron chi connectivity index (χ2n) is 7.45.